The molecule has 2 nitrogen and oxygen atoms in total. The fraction of sp³-hybridized carbons (Fsp3) is 0.562. The third kappa shape index (κ3) is 3.59. The monoisotopic (exact) mass is 324 g/mol. The lowest BCUT2D eigenvalue weighted by molar-refractivity contribution is -0.122. The first kappa shape index (κ1) is 14.6. The molecule has 0 radical (unpaired) electrons. The van der Waals surface area contributed by atoms with Crippen LogP contribution in [0.15, 0.2) is 22.7 Å². The lowest BCUT2D eigenvalue weighted by atomic mass is 9.95. The molecule has 1 aromatic carbocycles. The molecule has 1 saturated carbocycles. The Balaban J connectivity index is 1.97. The fourth-order valence-corrected chi connectivity index (χ4v) is 3.49. The van der Waals surface area contributed by atoms with Crippen LogP contribution in [0.5, 0.6) is 5.75 Å². The summed E-state index contributed by atoms with van der Waals surface area (Å²) in [5.74, 6) is 2.25. The molecule has 2 rings (SSSR count). The van der Waals surface area contributed by atoms with Gasteiger partial charge in [-0.3, -0.25) is 4.79 Å². The number of benzene rings is 1. The minimum atomic E-state index is 0.283. The largest absolute Gasteiger partial charge is 0.496 e. The van der Waals surface area contributed by atoms with E-state index in [1.807, 2.05) is 18.2 Å². The molecule has 0 saturated heterocycles. The third-order valence-electron chi connectivity index (χ3n) is 4.17. The van der Waals surface area contributed by atoms with E-state index in [-0.39, 0.29) is 5.92 Å². The average molecular weight is 325 g/mol. The second-order valence-corrected chi connectivity index (χ2v) is 6.25. The summed E-state index contributed by atoms with van der Waals surface area (Å²) in [6.07, 6.45) is 5.14. The van der Waals surface area contributed by atoms with E-state index in [0.717, 1.165) is 34.5 Å². The van der Waals surface area contributed by atoms with Gasteiger partial charge in [0.2, 0.25) is 0 Å². The normalized spacial score (nSPS) is 22.5. The highest BCUT2D eigenvalue weighted by atomic mass is 79.9. The smallest absolute Gasteiger partial charge is 0.140 e. The summed E-state index contributed by atoms with van der Waals surface area (Å²) in [7, 11) is 1.65. The topological polar surface area (TPSA) is 26.3 Å². The number of methoxy groups -OCH3 is 1. The molecule has 0 aromatic heterocycles. The summed E-state index contributed by atoms with van der Waals surface area (Å²) < 4.78 is 6.12. The maximum atomic E-state index is 12.3. The van der Waals surface area contributed by atoms with E-state index in [2.05, 4.69) is 22.9 Å². The van der Waals surface area contributed by atoms with E-state index >= 15 is 0 Å². The number of hydrogen-bond acceptors (Lipinski definition) is 2. The summed E-state index contributed by atoms with van der Waals surface area (Å²) >= 11 is 3.47. The molecule has 2 unspecified atom stereocenters. The molecule has 1 aliphatic rings. The van der Waals surface area contributed by atoms with Crippen molar-refractivity contribution in [3.63, 3.8) is 0 Å². The lowest BCUT2D eigenvalue weighted by Crippen LogP contribution is -2.14. The Morgan fingerprint density at radius 1 is 1.42 bits per heavy atom. The summed E-state index contributed by atoms with van der Waals surface area (Å²) in [5.41, 5.74) is 1.07. The van der Waals surface area contributed by atoms with E-state index < -0.39 is 0 Å². The molecule has 1 fully saturated rings. The van der Waals surface area contributed by atoms with Gasteiger partial charge in [0.15, 0.2) is 0 Å². The summed E-state index contributed by atoms with van der Waals surface area (Å²) in [4.78, 5) is 12.3. The van der Waals surface area contributed by atoms with Gasteiger partial charge < -0.3 is 4.74 Å². The number of halogens is 1. The number of rotatable bonds is 5. The van der Waals surface area contributed by atoms with Crippen molar-refractivity contribution in [1.29, 1.82) is 0 Å². The van der Waals surface area contributed by atoms with Gasteiger partial charge in [0.1, 0.15) is 11.5 Å². The van der Waals surface area contributed by atoms with E-state index in [0.29, 0.717) is 12.2 Å². The van der Waals surface area contributed by atoms with Crippen LogP contribution in [0, 0.1) is 11.8 Å². The SMILES string of the molecule is CCC1CCC(C(=O)Cc2ccc(OC)c(Br)c2)C1. The minimum absolute atomic E-state index is 0.283. The minimum Gasteiger partial charge on any atom is -0.496 e. The van der Waals surface area contributed by atoms with E-state index in [9.17, 15) is 4.79 Å². The third-order valence-corrected chi connectivity index (χ3v) is 4.79. The quantitative estimate of drug-likeness (QED) is 0.802. The first-order valence-electron chi connectivity index (χ1n) is 6.99. The van der Waals surface area contributed by atoms with Gasteiger partial charge in [0, 0.05) is 12.3 Å². The van der Waals surface area contributed by atoms with Gasteiger partial charge in [-0.15, -0.1) is 0 Å². The molecule has 1 aliphatic carbocycles. The number of carbonyl (C=O) groups excluding carboxylic acids is 1. The zero-order valence-corrected chi connectivity index (χ0v) is 13.2. The highest BCUT2D eigenvalue weighted by Gasteiger charge is 2.28. The van der Waals surface area contributed by atoms with Crippen LogP contribution in [0.25, 0.3) is 0 Å². The van der Waals surface area contributed by atoms with Crippen molar-refractivity contribution in [3.05, 3.63) is 28.2 Å². The zero-order chi connectivity index (χ0) is 13.8. The molecule has 0 amide bonds. The Morgan fingerprint density at radius 2 is 2.21 bits per heavy atom. The van der Waals surface area contributed by atoms with Crippen molar-refractivity contribution >= 4 is 21.7 Å². The standard InChI is InChI=1S/C16H21BrO2/c1-3-11-4-6-13(8-11)15(18)10-12-5-7-16(19-2)14(17)9-12/h5,7,9,11,13H,3-4,6,8,10H2,1-2H3. The average Bonchev–Trinajstić information content (AvgIpc) is 2.88. The van der Waals surface area contributed by atoms with Gasteiger partial charge in [-0.2, -0.15) is 0 Å². The van der Waals surface area contributed by atoms with E-state index in [1.54, 1.807) is 7.11 Å². The van der Waals surface area contributed by atoms with Crippen LogP contribution >= 0.6 is 15.9 Å². The maximum Gasteiger partial charge on any atom is 0.140 e. The summed E-state index contributed by atoms with van der Waals surface area (Å²) in [6, 6.07) is 5.88. The van der Waals surface area contributed by atoms with Crippen molar-refractivity contribution in [3.8, 4) is 5.75 Å². The van der Waals surface area contributed by atoms with Crippen molar-refractivity contribution in [2.45, 2.75) is 39.0 Å². The first-order chi connectivity index (χ1) is 9.13. The van der Waals surface area contributed by atoms with Crippen LogP contribution in [-0.4, -0.2) is 12.9 Å². The first-order valence-corrected chi connectivity index (χ1v) is 7.78. The predicted octanol–water partition coefficient (Wildman–Crippen LogP) is 4.40. The van der Waals surface area contributed by atoms with Gasteiger partial charge in [-0.1, -0.05) is 19.4 Å². The van der Waals surface area contributed by atoms with Gasteiger partial charge in [-0.25, -0.2) is 0 Å². The molecule has 3 heteroatoms. The molecule has 0 N–H and O–H groups in total. The summed E-state index contributed by atoms with van der Waals surface area (Å²) in [6.45, 7) is 2.22. The summed E-state index contributed by atoms with van der Waals surface area (Å²) in [5, 5.41) is 0. The Hall–Kier alpha value is -0.830. The zero-order valence-electron chi connectivity index (χ0n) is 11.6. The second kappa shape index (κ2) is 6.56. The van der Waals surface area contributed by atoms with Gasteiger partial charge in [-0.05, 0) is 58.8 Å². The number of Topliss-reactive ketones (excluding diaryl/α,β-unsaturated/α-hetero) is 1. The van der Waals surface area contributed by atoms with Gasteiger partial charge in [0.25, 0.3) is 0 Å². The Kier molecular flexibility index (Phi) is 5.03. The molecule has 19 heavy (non-hydrogen) atoms. The molecule has 2 atom stereocenters. The van der Waals surface area contributed by atoms with Crippen LogP contribution in [0.2, 0.25) is 0 Å². The molecule has 0 bridgehead atoms. The van der Waals surface area contributed by atoms with Crippen molar-refractivity contribution in [2.24, 2.45) is 11.8 Å². The maximum absolute atomic E-state index is 12.3. The van der Waals surface area contributed by atoms with Crippen molar-refractivity contribution in [2.75, 3.05) is 7.11 Å². The fourth-order valence-electron chi connectivity index (χ4n) is 2.90. The Morgan fingerprint density at radius 3 is 2.79 bits per heavy atom. The number of carbonyl (C=O) groups is 1. The Bertz CT molecular complexity index is 456. The van der Waals surface area contributed by atoms with Crippen LogP contribution < -0.4 is 4.74 Å². The van der Waals surface area contributed by atoms with Gasteiger partial charge in [0.05, 0.1) is 11.6 Å². The molecule has 104 valence electrons. The number of ketones is 1. The number of hydrogen-bond donors (Lipinski definition) is 0. The highest BCUT2D eigenvalue weighted by molar-refractivity contribution is 9.10. The van der Waals surface area contributed by atoms with Crippen molar-refractivity contribution in [1.82, 2.24) is 0 Å². The van der Waals surface area contributed by atoms with E-state index in [1.165, 1.54) is 12.8 Å². The predicted molar refractivity (Wildman–Crippen MR) is 80.5 cm³/mol. The number of ether oxygens (including phenoxy) is 1. The molecule has 0 heterocycles. The Labute approximate surface area is 123 Å². The lowest BCUT2D eigenvalue weighted by Gasteiger charge is -2.10. The van der Waals surface area contributed by atoms with Crippen LogP contribution in [0.4, 0.5) is 0 Å². The molecular weight excluding hydrogens is 304 g/mol. The molecule has 0 aliphatic heterocycles. The van der Waals surface area contributed by atoms with Crippen LogP contribution in [0.1, 0.15) is 38.2 Å². The van der Waals surface area contributed by atoms with Crippen LogP contribution in [0.3, 0.4) is 0 Å². The van der Waals surface area contributed by atoms with Crippen LogP contribution in [-0.2, 0) is 11.2 Å². The van der Waals surface area contributed by atoms with Crippen molar-refractivity contribution < 1.29 is 9.53 Å². The van der Waals surface area contributed by atoms with Gasteiger partial charge >= 0.3 is 0 Å². The highest BCUT2D eigenvalue weighted by Crippen LogP contribution is 2.34. The second-order valence-electron chi connectivity index (χ2n) is 5.40. The van der Waals surface area contributed by atoms with E-state index in [4.69, 9.17) is 4.74 Å². The molecule has 0 spiro atoms. The molecular formula is C16H21BrO2. The molecule has 1 aromatic rings.